The van der Waals surface area contributed by atoms with E-state index in [1.54, 1.807) is 24.1 Å². The van der Waals surface area contributed by atoms with Gasteiger partial charge < -0.3 is 10.1 Å². The molecule has 1 atom stereocenters. The third-order valence-corrected chi connectivity index (χ3v) is 4.44. The number of aldehydes is 1. The predicted molar refractivity (Wildman–Crippen MR) is 103 cm³/mol. The van der Waals surface area contributed by atoms with Crippen molar-refractivity contribution in [1.82, 2.24) is 24.7 Å². The lowest BCUT2D eigenvalue weighted by Gasteiger charge is -2.29. The Kier molecular flexibility index (Phi) is 5.63. The molecular weight excluding hydrogens is 344 g/mol. The van der Waals surface area contributed by atoms with Crippen molar-refractivity contribution in [2.24, 2.45) is 7.05 Å². The van der Waals surface area contributed by atoms with Crippen LogP contribution < -0.4 is 10.1 Å². The van der Waals surface area contributed by atoms with Gasteiger partial charge in [-0.25, -0.2) is 15.0 Å². The van der Waals surface area contributed by atoms with E-state index in [1.165, 1.54) is 6.33 Å². The van der Waals surface area contributed by atoms with Gasteiger partial charge in [-0.3, -0.25) is 9.48 Å². The van der Waals surface area contributed by atoms with Crippen LogP contribution in [-0.4, -0.2) is 43.2 Å². The molecule has 27 heavy (non-hydrogen) atoms. The van der Waals surface area contributed by atoms with Crippen molar-refractivity contribution in [3.8, 4) is 5.88 Å². The molecule has 1 N–H and O–H groups in total. The fourth-order valence-electron chi connectivity index (χ4n) is 2.80. The number of nitrogens with zero attached hydrogens (tertiary/aromatic N) is 5. The standard InChI is InChI=1S/C19H24N6O2/c1-4-5-8-19(12-26,11-21-16-7-6-14(2)9-20-16)27-18-15-10-24-25(3)17(15)22-13-23-18/h6-7,9-10,12-13H,4-5,8,11H2,1-3H3,(H,20,21). The topological polar surface area (TPSA) is 94.8 Å². The summed E-state index contributed by atoms with van der Waals surface area (Å²) in [4.78, 5) is 24.9. The van der Waals surface area contributed by atoms with Crippen molar-refractivity contribution < 1.29 is 9.53 Å². The number of unbranched alkanes of at least 4 members (excludes halogenated alkanes) is 1. The summed E-state index contributed by atoms with van der Waals surface area (Å²) in [7, 11) is 1.80. The largest absolute Gasteiger partial charge is 0.461 e. The number of fused-ring (bicyclic) bond motifs is 1. The molecule has 0 amide bonds. The highest BCUT2D eigenvalue weighted by atomic mass is 16.5. The lowest BCUT2D eigenvalue weighted by atomic mass is 9.98. The molecular formula is C19H24N6O2. The molecule has 0 aliphatic heterocycles. The molecule has 0 spiro atoms. The van der Waals surface area contributed by atoms with Gasteiger partial charge in [0, 0.05) is 13.2 Å². The predicted octanol–water partition coefficient (Wildman–Crippen LogP) is 2.69. The average Bonchev–Trinajstić information content (AvgIpc) is 3.07. The summed E-state index contributed by atoms with van der Waals surface area (Å²) in [6.45, 7) is 4.35. The number of pyridine rings is 1. The van der Waals surface area contributed by atoms with Gasteiger partial charge in [-0.1, -0.05) is 19.4 Å². The summed E-state index contributed by atoms with van der Waals surface area (Å²) in [6, 6.07) is 3.85. The molecule has 0 bridgehead atoms. The van der Waals surface area contributed by atoms with Crippen LogP contribution in [0.25, 0.3) is 11.0 Å². The molecule has 3 rings (SSSR count). The van der Waals surface area contributed by atoms with Crippen LogP contribution in [-0.2, 0) is 11.8 Å². The van der Waals surface area contributed by atoms with Crippen molar-refractivity contribution >= 4 is 23.1 Å². The second-order valence-electron chi connectivity index (χ2n) is 6.65. The summed E-state index contributed by atoms with van der Waals surface area (Å²) < 4.78 is 7.81. The Morgan fingerprint density at radius 1 is 1.26 bits per heavy atom. The number of nitrogens with one attached hydrogen (secondary N) is 1. The summed E-state index contributed by atoms with van der Waals surface area (Å²) in [5.41, 5.74) is 0.674. The first-order chi connectivity index (χ1) is 13.1. The van der Waals surface area contributed by atoms with Gasteiger partial charge in [0.25, 0.3) is 0 Å². The minimum Gasteiger partial charge on any atom is -0.461 e. The highest BCUT2D eigenvalue weighted by Gasteiger charge is 2.33. The molecule has 3 heterocycles. The maximum Gasteiger partial charge on any atom is 0.228 e. The fraction of sp³-hybridized carbons (Fsp3) is 0.421. The first kappa shape index (κ1) is 18.8. The lowest BCUT2D eigenvalue weighted by molar-refractivity contribution is -0.121. The normalized spacial score (nSPS) is 13.3. The van der Waals surface area contributed by atoms with Crippen molar-refractivity contribution in [3.63, 3.8) is 0 Å². The molecule has 8 heteroatoms. The molecule has 0 aliphatic carbocycles. The SMILES string of the molecule is CCCCC(C=O)(CNc1ccc(C)cn1)Oc1ncnc2c1cnn2C. The smallest absolute Gasteiger partial charge is 0.228 e. The lowest BCUT2D eigenvalue weighted by Crippen LogP contribution is -2.45. The van der Waals surface area contributed by atoms with E-state index in [-0.39, 0.29) is 6.54 Å². The molecule has 0 saturated heterocycles. The van der Waals surface area contributed by atoms with Crippen LogP contribution in [0.15, 0.2) is 30.9 Å². The number of aromatic nitrogens is 5. The van der Waals surface area contributed by atoms with Crippen molar-refractivity contribution in [3.05, 3.63) is 36.4 Å². The van der Waals surface area contributed by atoms with Crippen LogP contribution in [0.1, 0.15) is 31.7 Å². The number of aryl methyl sites for hydroxylation is 2. The molecule has 0 fully saturated rings. The summed E-state index contributed by atoms with van der Waals surface area (Å²) in [6.07, 6.45) is 8.07. The van der Waals surface area contributed by atoms with Crippen molar-refractivity contribution in [2.45, 2.75) is 38.7 Å². The molecule has 0 saturated carbocycles. The summed E-state index contributed by atoms with van der Waals surface area (Å²) in [5, 5.41) is 8.09. The van der Waals surface area contributed by atoms with Gasteiger partial charge in [0.05, 0.1) is 12.7 Å². The van der Waals surface area contributed by atoms with Gasteiger partial charge in [0.2, 0.25) is 5.88 Å². The Morgan fingerprint density at radius 3 is 2.81 bits per heavy atom. The molecule has 0 radical (unpaired) electrons. The van der Waals surface area contributed by atoms with E-state index in [4.69, 9.17) is 4.74 Å². The average molecular weight is 368 g/mol. The Morgan fingerprint density at radius 2 is 2.11 bits per heavy atom. The minimum atomic E-state index is -1.06. The highest BCUT2D eigenvalue weighted by molar-refractivity contribution is 5.80. The number of carbonyl (C=O) groups excluding carboxylic acids is 1. The number of rotatable bonds is 9. The van der Waals surface area contributed by atoms with Crippen molar-refractivity contribution in [2.75, 3.05) is 11.9 Å². The zero-order valence-corrected chi connectivity index (χ0v) is 15.8. The van der Waals surface area contributed by atoms with Gasteiger partial charge in [0.15, 0.2) is 17.5 Å². The zero-order valence-electron chi connectivity index (χ0n) is 15.8. The number of hydrogen-bond donors (Lipinski definition) is 1. The first-order valence-corrected chi connectivity index (χ1v) is 9.01. The number of hydrogen-bond acceptors (Lipinski definition) is 7. The molecule has 3 aromatic rings. The molecule has 3 aromatic heterocycles. The van der Waals surface area contributed by atoms with E-state index in [0.29, 0.717) is 29.2 Å². The van der Waals surface area contributed by atoms with Gasteiger partial charge >= 0.3 is 0 Å². The molecule has 0 aromatic carbocycles. The van der Waals surface area contributed by atoms with E-state index in [1.807, 2.05) is 19.1 Å². The van der Waals surface area contributed by atoms with Gasteiger partial charge in [-0.05, 0) is 31.4 Å². The maximum absolute atomic E-state index is 12.1. The number of carbonyl (C=O) groups is 1. The van der Waals surface area contributed by atoms with Crippen LogP contribution in [0.3, 0.4) is 0 Å². The fourth-order valence-corrected chi connectivity index (χ4v) is 2.80. The number of ether oxygens (including phenoxy) is 1. The zero-order chi connectivity index (χ0) is 19.3. The van der Waals surface area contributed by atoms with Crippen LogP contribution in [0, 0.1) is 6.92 Å². The van der Waals surface area contributed by atoms with Crippen LogP contribution in [0.4, 0.5) is 5.82 Å². The molecule has 8 nitrogen and oxygen atoms in total. The van der Waals surface area contributed by atoms with Crippen LogP contribution in [0.5, 0.6) is 5.88 Å². The van der Waals surface area contributed by atoms with E-state index in [2.05, 4.69) is 32.3 Å². The van der Waals surface area contributed by atoms with Crippen molar-refractivity contribution in [1.29, 1.82) is 0 Å². The van der Waals surface area contributed by atoms with Gasteiger partial charge in [0.1, 0.15) is 17.5 Å². The Balaban J connectivity index is 1.86. The Labute approximate surface area is 158 Å². The highest BCUT2D eigenvalue weighted by Crippen LogP contribution is 2.27. The third kappa shape index (κ3) is 4.21. The minimum absolute atomic E-state index is 0.290. The Bertz CT molecular complexity index is 908. The van der Waals surface area contributed by atoms with E-state index in [0.717, 1.165) is 24.7 Å². The van der Waals surface area contributed by atoms with E-state index < -0.39 is 5.60 Å². The maximum atomic E-state index is 12.1. The molecule has 142 valence electrons. The monoisotopic (exact) mass is 368 g/mol. The van der Waals surface area contributed by atoms with E-state index >= 15 is 0 Å². The summed E-state index contributed by atoms with van der Waals surface area (Å²) in [5.74, 6) is 1.05. The quantitative estimate of drug-likeness (QED) is 0.580. The van der Waals surface area contributed by atoms with Gasteiger partial charge in [-0.15, -0.1) is 0 Å². The van der Waals surface area contributed by atoms with Crippen LogP contribution >= 0.6 is 0 Å². The third-order valence-electron chi connectivity index (χ3n) is 4.44. The molecule has 1 unspecified atom stereocenters. The Hall–Kier alpha value is -3.03. The first-order valence-electron chi connectivity index (χ1n) is 9.01. The van der Waals surface area contributed by atoms with E-state index in [9.17, 15) is 4.79 Å². The second kappa shape index (κ2) is 8.11. The summed E-state index contributed by atoms with van der Waals surface area (Å²) >= 11 is 0. The number of anilines is 1. The molecule has 0 aliphatic rings. The van der Waals surface area contributed by atoms with Gasteiger partial charge in [-0.2, -0.15) is 5.10 Å². The second-order valence-corrected chi connectivity index (χ2v) is 6.65. The van der Waals surface area contributed by atoms with Crippen LogP contribution in [0.2, 0.25) is 0 Å².